The maximum Gasteiger partial charge on any atom is 0.345 e. The summed E-state index contributed by atoms with van der Waals surface area (Å²) in [6, 6.07) is 0.0539. The molecule has 0 amide bonds. The van der Waals surface area contributed by atoms with Gasteiger partial charge < -0.3 is 14.8 Å². The van der Waals surface area contributed by atoms with E-state index in [1.165, 1.54) is 14.2 Å². The van der Waals surface area contributed by atoms with Crippen LogP contribution >= 0.6 is 0 Å². The van der Waals surface area contributed by atoms with Gasteiger partial charge in [-0.25, -0.2) is 9.59 Å². The Bertz CT molecular complexity index is 261. The van der Waals surface area contributed by atoms with Crippen molar-refractivity contribution < 1.29 is 19.1 Å². The summed E-state index contributed by atoms with van der Waals surface area (Å²) in [6.07, 6.45) is 3.53. The van der Waals surface area contributed by atoms with Crippen LogP contribution in [0.2, 0.25) is 0 Å². The molecular formula is C10H15NO4. The summed E-state index contributed by atoms with van der Waals surface area (Å²) in [6.45, 7) is 0.900. The van der Waals surface area contributed by atoms with Crippen LogP contribution in [0.15, 0.2) is 11.6 Å². The molecule has 15 heavy (non-hydrogen) atoms. The van der Waals surface area contributed by atoms with Crippen LogP contribution in [0, 0.1) is 0 Å². The Morgan fingerprint density at radius 1 is 1.27 bits per heavy atom. The number of hydrogen-bond acceptors (Lipinski definition) is 5. The molecule has 0 aliphatic carbocycles. The Hall–Kier alpha value is -1.36. The van der Waals surface area contributed by atoms with Gasteiger partial charge in [0, 0.05) is 6.04 Å². The Balaban J connectivity index is 2.78. The van der Waals surface area contributed by atoms with E-state index in [1.54, 1.807) is 6.08 Å². The predicted molar refractivity (Wildman–Crippen MR) is 53.1 cm³/mol. The molecule has 1 saturated heterocycles. The van der Waals surface area contributed by atoms with Gasteiger partial charge in [-0.3, -0.25) is 0 Å². The van der Waals surface area contributed by atoms with Gasteiger partial charge in [-0.05, 0) is 25.5 Å². The number of carbonyl (C=O) groups excluding carboxylic acids is 2. The van der Waals surface area contributed by atoms with Crippen molar-refractivity contribution in [3.05, 3.63) is 11.6 Å². The van der Waals surface area contributed by atoms with E-state index in [2.05, 4.69) is 14.8 Å². The van der Waals surface area contributed by atoms with Crippen LogP contribution < -0.4 is 5.32 Å². The van der Waals surface area contributed by atoms with Crippen molar-refractivity contribution in [2.24, 2.45) is 0 Å². The highest BCUT2D eigenvalue weighted by atomic mass is 16.5. The zero-order chi connectivity index (χ0) is 11.3. The molecule has 1 aliphatic rings. The monoisotopic (exact) mass is 213 g/mol. The minimum absolute atomic E-state index is 0.0422. The lowest BCUT2D eigenvalue weighted by Gasteiger charge is -2.07. The van der Waals surface area contributed by atoms with E-state index in [-0.39, 0.29) is 11.6 Å². The van der Waals surface area contributed by atoms with Crippen molar-refractivity contribution >= 4 is 11.9 Å². The highest BCUT2D eigenvalue weighted by molar-refractivity contribution is 6.14. The van der Waals surface area contributed by atoms with Gasteiger partial charge in [-0.1, -0.05) is 0 Å². The predicted octanol–water partition coefficient (Wildman–Crippen LogP) is 0.0108. The Labute approximate surface area is 88.4 Å². The molecule has 1 heterocycles. The van der Waals surface area contributed by atoms with Gasteiger partial charge in [0.15, 0.2) is 0 Å². The first kappa shape index (κ1) is 11.7. The third-order valence-corrected chi connectivity index (χ3v) is 2.28. The summed E-state index contributed by atoms with van der Waals surface area (Å²) < 4.78 is 9.02. The van der Waals surface area contributed by atoms with Crippen LogP contribution in [0.5, 0.6) is 0 Å². The minimum Gasteiger partial charge on any atom is -0.465 e. The normalized spacial score (nSPS) is 19.5. The van der Waals surface area contributed by atoms with Gasteiger partial charge in [0.25, 0.3) is 0 Å². The van der Waals surface area contributed by atoms with E-state index in [9.17, 15) is 9.59 Å². The smallest absolute Gasteiger partial charge is 0.345 e. The fraction of sp³-hybridized carbons (Fsp3) is 0.600. The maximum atomic E-state index is 11.3. The summed E-state index contributed by atoms with van der Waals surface area (Å²) in [5.74, 6) is -1.31. The molecule has 5 nitrogen and oxygen atoms in total. The summed E-state index contributed by atoms with van der Waals surface area (Å²) in [5.41, 5.74) is -0.0422. The first-order chi connectivity index (χ1) is 7.19. The van der Waals surface area contributed by atoms with Crippen molar-refractivity contribution in [3.63, 3.8) is 0 Å². The molecule has 1 N–H and O–H groups in total. The Kier molecular flexibility index (Phi) is 4.30. The van der Waals surface area contributed by atoms with E-state index in [4.69, 9.17) is 0 Å². The maximum absolute atomic E-state index is 11.3. The number of hydrogen-bond donors (Lipinski definition) is 1. The molecule has 1 fully saturated rings. The van der Waals surface area contributed by atoms with Crippen molar-refractivity contribution in [2.45, 2.75) is 18.9 Å². The number of carbonyl (C=O) groups is 2. The molecule has 0 saturated carbocycles. The number of nitrogens with one attached hydrogen (secondary N) is 1. The molecule has 1 unspecified atom stereocenters. The number of methoxy groups -OCH3 is 2. The van der Waals surface area contributed by atoms with E-state index >= 15 is 0 Å². The van der Waals surface area contributed by atoms with Gasteiger partial charge in [0.2, 0.25) is 0 Å². The van der Waals surface area contributed by atoms with Gasteiger partial charge >= 0.3 is 11.9 Å². The average Bonchev–Trinajstić information content (AvgIpc) is 2.76. The molecule has 0 aromatic rings. The summed E-state index contributed by atoms with van der Waals surface area (Å²) in [7, 11) is 2.47. The molecular weight excluding hydrogens is 198 g/mol. The van der Waals surface area contributed by atoms with Crippen LogP contribution in [-0.4, -0.2) is 38.7 Å². The molecule has 0 radical (unpaired) electrons. The Morgan fingerprint density at radius 2 is 1.87 bits per heavy atom. The second-order valence-electron chi connectivity index (χ2n) is 3.27. The largest absolute Gasteiger partial charge is 0.465 e. The summed E-state index contributed by atoms with van der Waals surface area (Å²) in [4.78, 5) is 22.6. The van der Waals surface area contributed by atoms with Crippen LogP contribution in [0.3, 0.4) is 0 Å². The quantitative estimate of drug-likeness (QED) is 0.310. The molecule has 1 atom stereocenters. The lowest BCUT2D eigenvalue weighted by Crippen LogP contribution is -2.23. The minimum atomic E-state index is -0.657. The fourth-order valence-electron chi connectivity index (χ4n) is 1.49. The van der Waals surface area contributed by atoms with Crippen LogP contribution in [0.25, 0.3) is 0 Å². The van der Waals surface area contributed by atoms with E-state index in [1.807, 2.05) is 0 Å². The molecule has 84 valence electrons. The molecule has 0 bridgehead atoms. The number of esters is 2. The van der Waals surface area contributed by atoms with Crippen molar-refractivity contribution in [3.8, 4) is 0 Å². The standard InChI is InChI=1S/C10H15NO4/c1-14-9(12)8(10(13)15-2)6-7-4-3-5-11-7/h6-7,11H,3-5H2,1-2H3. The zero-order valence-electron chi connectivity index (χ0n) is 8.91. The molecule has 0 aromatic heterocycles. The van der Waals surface area contributed by atoms with Crippen LogP contribution in [-0.2, 0) is 19.1 Å². The van der Waals surface area contributed by atoms with Crippen molar-refractivity contribution in [1.82, 2.24) is 5.32 Å². The summed E-state index contributed by atoms with van der Waals surface area (Å²) >= 11 is 0. The highest BCUT2D eigenvalue weighted by Gasteiger charge is 2.22. The van der Waals surface area contributed by atoms with Crippen LogP contribution in [0.1, 0.15) is 12.8 Å². The molecule has 0 aromatic carbocycles. The molecule has 0 spiro atoms. The van der Waals surface area contributed by atoms with Gasteiger partial charge in [0.1, 0.15) is 5.57 Å². The first-order valence-electron chi connectivity index (χ1n) is 4.81. The third-order valence-electron chi connectivity index (χ3n) is 2.28. The third kappa shape index (κ3) is 3.06. The topological polar surface area (TPSA) is 64.6 Å². The van der Waals surface area contributed by atoms with E-state index in [0.717, 1.165) is 19.4 Å². The first-order valence-corrected chi connectivity index (χ1v) is 4.81. The lowest BCUT2D eigenvalue weighted by atomic mass is 10.1. The SMILES string of the molecule is COC(=O)C(=CC1CCCN1)C(=O)OC. The Morgan fingerprint density at radius 3 is 2.27 bits per heavy atom. The fourth-order valence-corrected chi connectivity index (χ4v) is 1.49. The van der Waals surface area contributed by atoms with Crippen molar-refractivity contribution in [1.29, 1.82) is 0 Å². The van der Waals surface area contributed by atoms with Gasteiger partial charge in [0.05, 0.1) is 14.2 Å². The summed E-state index contributed by atoms with van der Waals surface area (Å²) in [5, 5.41) is 3.15. The van der Waals surface area contributed by atoms with Gasteiger partial charge in [-0.15, -0.1) is 0 Å². The molecule has 1 rings (SSSR count). The van der Waals surface area contributed by atoms with E-state index < -0.39 is 11.9 Å². The number of rotatable bonds is 3. The lowest BCUT2D eigenvalue weighted by molar-refractivity contribution is -0.144. The van der Waals surface area contributed by atoms with Crippen LogP contribution in [0.4, 0.5) is 0 Å². The van der Waals surface area contributed by atoms with E-state index in [0.29, 0.717) is 0 Å². The second-order valence-corrected chi connectivity index (χ2v) is 3.27. The zero-order valence-corrected chi connectivity index (χ0v) is 8.91. The number of ether oxygens (including phenoxy) is 2. The van der Waals surface area contributed by atoms with Gasteiger partial charge in [-0.2, -0.15) is 0 Å². The second kappa shape index (κ2) is 5.50. The van der Waals surface area contributed by atoms with Crippen molar-refractivity contribution in [2.75, 3.05) is 20.8 Å². The molecule has 5 heteroatoms. The molecule has 1 aliphatic heterocycles. The average molecular weight is 213 g/mol. The highest BCUT2D eigenvalue weighted by Crippen LogP contribution is 2.10.